The van der Waals surface area contributed by atoms with Crippen molar-refractivity contribution in [1.29, 1.82) is 0 Å². The van der Waals surface area contributed by atoms with E-state index in [1.165, 1.54) is 11.8 Å². The summed E-state index contributed by atoms with van der Waals surface area (Å²) in [6, 6.07) is 9.19. The van der Waals surface area contributed by atoms with Gasteiger partial charge in [0.05, 0.1) is 6.17 Å². The molecule has 88 valence electrons. The van der Waals surface area contributed by atoms with E-state index < -0.39 is 6.17 Å². The zero-order valence-electron chi connectivity index (χ0n) is 9.49. The van der Waals surface area contributed by atoms with Crippen LogP contribution >= 0.6 is 11.8 Å². The molecule has 1 atom stereocenters. The standard InChI is InChI=1S/C13H17FOS/c1-2-12(14)9-6-10-16-13(15)11-7-4-3-5-8-11/h3-5,7-8,12H,2,6,9-10H2,1H3. The van der Waals surface area contributed by atoms with E-state index in [1.54, 1.807) is 12.1 Å². The van der Waals surface area contributed by atoms with Crippen molar-refractivity contribution in [2.45, 2.75) is 32.4 Å². The van der Waals surface area contributed by atoms with Gasteiger partial charge in [-0.05, 0) is 19.3 Å². The van der Waals surface area contributed by atoms with E-state index in [4.69, 9.17) is 0 Å². The molecule has 3 heteroatoms. The van der Waals surface area contributed by atoms with Crippen LogP contribution in [0.25, 0.3) is 0 Å². The summed E-state index contributed by atoms with van der Waals surface area (Å²) in [4.78, 5) is 11.6. The van der Waals surface area contributed by atoms with Crippen LogP contribution in [0, 0.1) is 0 Å². The van der Waals surface area contributed by atoms with Crippen molar-refractivity contribution in [1.82, 2.24) is 0 Å². The van der Waals surface area contributed by atoms with Gasteiger partial charge < -0.3 is 0 Å². The highest BCUT2D eigenvalue weighted by Crippen LogP contribution is 2.15. The molecule has 1 nitrogen and oxygen atoms in total. The molecule has 0 aliphatic carbocycles. The number of thioether (sulfide) groups is 1. The Morgan fingerprint density at radius 3 is 2.69 bits per heavy atom. The summed E-state index contributed by atoms with van der Waals surface area (Å²) in [5.74, 6) is 0.703. The third kappa shape index (κ3) is 4.79. The molecular formula is C13H17FOS. The first-order valence-electron chi connectivity index (χ1n) is 5.60. The Bertz CT molecular complexity index is 313. The first-order valence-corrected chi connectivity index (χ1v) is 6.59. The fourth-order valence-corrected chi connectivity index (χ4v) is 2.13. The van der Waals surface area contributed by atoms with Crippen molar-refractivity contribution in [3.05, 3.63) is 35.9 Å². The molecule has 1 aromatic rings. The van der Waals surface area contributed by atoms with Gasteiger partial charge in [-0.15, -0.1) is 0 Å². The minimum Gasteiger partial charge on any atom is -0.282 e. The molecule has 0 bridgehead atoms. The van der Waals surface area contributed by atoms with Crippen LogP contribution < -0.4 is 0 Å². The minimum atomic E-state index is -0.715. The Labute approximate surface area is 100 Å². The van der Waals surface area contributed by atoms with Gasteiger partial charge in [0.2, 0.25) is 5.12 Å². The lowest BCUT2D eigenvalue weighted by atomic mass is 10.2. The third-order valence-corrected chi connectivity index (χ3v) is 3.34. The Balaban J connectivity index is 2.21. The number of rotatable bonds is 6. The molecule has 1 unspecified atom stereocenters. The monoisotopic (exact) mass is 240 g/mol. The Morgan fingerprint density at radius 2 is 2.06 bits per heavy atom. The molecule has 1 rings (SSSR count). The number of carbonyl (C=O) groups is 1. The predicted molar refractivity (Wildman–Crippen MR) is 67.7 cm³/mol. The van der Waals surface area contributed by atoms with Crippen LogP contribution in [0.5, 0.6) is 0 Å². The van der Waals surface area contributed by atoms with E-state index in [9.17, 15) is 9.18 Å². The number of hydrogen-bond acceptors (Lipinski definition) is 2. The van der Waals surface area contributed by atoms with Crippen LogP contribution in [0.4, 0.5) is 4.39 Å². The quantitative estimate of drug-likeness (QED) is 0.697. The van der Waals surface area contributed by atoms with E-state index >= 15 is 0 Å². The molecule has 0 aliphatic rings. The van der Waals surface area contributed by atoms with E-state index in [0.717, 1.165) is 12.0 Å². The molecule has 0 saturated carbocycles. The van der Waals surface area contributed by atoms with Crippen molar-refractivity contribution in [2.24, 2.45) is 0 Å². The average molecular weight is 240 g/mol. The highest BCUT2D eigenvalue weighted by molar-refractivity contribution is 8.14. The minimum absolute atomic E-state index is 0.0764. The van der Waals surface area contributed by atoms with Gasteiger partial charge in [-0.1, -0.05) is 49.0 Å². The van der Waals surface area contributed by atoms with Crippen molar-refractivity contribution < 1.29 is 9.18 Å². The predicted octanol–water partition coefficient (Wildman–Crippen LogP) is 4.09. The summed E-state index contributed by atoms with van der Waals surface area (Å²) in [5, 5.41) is 0.0764. The largest absolute Gasteiger partial charge is 0.282 e. The second-order valence-corrected chi connectivity index (χ2v) is 4.72. The Morgan fingerprint density at radius 1 is 1.38 bits per heavy atom. The highest BCUT2D eigenvalue weighted by Gasteiger charge is 2.07. The first-order chi connectivity index (χ1) is 7.74. The molecule has 0 saturated heterocycles. The molecule has 0 aromatic heterocycles. The number of alkyl halides is 1. The van der Waals surface area contributed by atoms with E-state index in [1.807, 2.05) is 25.1 Å². The molecule has 0 amide bonds. The van der Waals surface area contributed by atoms with Gasteiger partial charge in [0.25, 0.3) is 0 Å². The smallest absolute Gasteiger partial charge is 0.219 e. The van der Waals surface area contributed by atoms with Crippen molar-refractivity contribution in [2.75, 3.05) is 5.75 Å². The molecule has 0 N–H and O–H groups in total. The summed E-state index contributed by atoms with van der Waals surface area (Å²) in [6.45, 7) is 1.84. The number of benzene rings is 1. The summed E-state index contributed by atoms with van der Waals surface area (Å²) < 4.78 is 12.9. The maximum Gasteiger partial charge on any atom is 0.219 e. The van der Waals surface area contributed by atoms with Gasteiger partial charge in [0, 0.05) is 11.3 Å². The van der Waals surface area contributed by atoms with Crippen LogP contribution in [0.2, 0.25) is 0 Å². The molecule has 16 heavy (non-hydrogen) atoms. The molecular weight excluding hydrogens is 223 g/mol. The second kappa shape index (κ2) is 7.44. The zero-order valence-corrected chi connectivity index (χ0v) is 10.3. The third-order valence-electron chi connectivity index (χ3n) is 2.35. The van der Waals surface area contributed by atoms with E-state index in [-0.39, 0.29) is 5.12 Å². The van der Waals surface area contributed by atoms with Crippen LogP contribution in [0.3, 0.4) is 0 Å². The SMILES string of the molecule is CCC(F)CCCSC(=O)c1ccccc1. The first kappa shape index (κ1) is 13.2. The van der Waals surface area contributed by atoms with Crippen LogP contribution in [-0.4, -0.2) is 17.0 Å². The van der Waals surface area contributed by atoms with Crippen molar-refractivity contribution >= 4 is 16.9 Å². The molecule has 0 fully saturated rings. The fourth-order valence-electron chi connectivity index (χ4n) is 1.33. The zero-order chi connectivity index (χ0) is 11.8. The lowest BCUT2D eigenvalue weighted by Crippen LogP contribution is -2.00. The average Bonchev–Trinajstić information content (AvgIpc) is 2.35. The van der Waals surface area contributed by atoms with Crippen molar-refractivity contribution in [3.8, 4) is 0 Å². The van der Waals surface area contributed by atoms with Crippen molar-refractivity contribution in [3.63, 3.8) is 0 Å². The molecule has 0 heterocycles. The van der Waals surface area contributed by atoms with Gasteiger partial charge in [-0.25, -0.2) is 4.39 Å². The second-order valence-electron chi connectivity index (χ2n) is 3.65. The van der Waals surface area contributed by atoms with E-state index in [0.29, 0.717) is 18.6 Å². The Kier molecular flexibility index (Phi) is 6.16. The lowest BCUT2D eigenvalue weighted by molar-refractivity contribution is 0.108. The van der Waals surface area contributed by atoms with Gasteiger partial charge in [0.15, 0.2) is 0 Å². The van der Waals surface area contributed by atoms with Gasteiger partial charge in [-0.3, -0.25) is 4.79 Å². The molecule has 0 radical (unpaired) electrons. The Hall–Kier alpha value is -0.830. The van der Waals surface area contributed by atoms with Gasteiger partial charge in [0.1, 0.15) is 0 Å². The summed E-state index contributed by atoms with van der Waals surface area (Å²) >= 11 is 1.28. The molecule has 0 aliphatic heterocycles. The fraction of sp³-hybridized carbons (Fsp3) is 0.462. The summed E-state index contributed by atoms with van der Waals surface area (Å²) in [7, 11) is 0. The summed E-state index contributed by atoms with van der Waals surface area (Å²) in [6.07, 6.45) is 1.17. The number of carbonyl (C=O) groups excluding carboxylic acids is 1. The maximum absolute atomic E-state index is 12.9. The van der Waals surface area contributed by atoms with Crippen LogP contribution in [0.15, 0.2) is 30.3 Å². The lowest BCUT2D eigenvalue weighted by Gasteiger charge is -2.04. The van der Waals surface area contributed by atoms with Crippen LogP contribution in [0.1, 0.15) is 36.5 Å². The molecule has 0 spiro atoms. The number of hydrogen-bond donors (Lipinski definition) is 0. The van der Waals surface area contributed by atoms with E-state index in [2.05, 4.69) is 0 Å². The number of halogens is 1. The molecule has 1 aromatic carbocycles. The van der Waals surface area contributed by atoms with Gasteiger partial charge in [-0.2, -0.15) is 0 Å². The summed E-state index contributed by atoms with van der Waals surface area (Å²) in [5.41, 5.74) is 0.722. The normalized spacial score (nSPS) is 12.4. The van der Waals surface area contributed by atoms with Gasteiger partial charge >= 0.3 is 0 Å². The maximum atomic E-state index is 12.9. The topological polar surface area (TPSA) is 17.1 Å². The van der Waals surface area contributed by atoms with Crippen LogP contribution in [-0.2, 0) is 0 Å². The highest BCUT2D eigenvalue weighted by atomic mass is 32.2.